The molecule has 8 heteroatoms. The Balaban J connectivity index is 1.54. The summed E-state index contributed by atoms with van der Waals surface area (Å²) in [7, 11) is 0. The van der Waals surface area contributed by atoms with E-state index in [0.717, 1.165) is 28.3 Å². The monoisotopic (exact) mass is 427 g/mol. The Morgan fingerprint density at radius 3 is 2.50 bits per heavy atom. The molecule has 0 unspecified atom stereocenters. The summed E-state index contributed by atoms with van der Waals surface area (Å²) in [4.78, 5) is 25.8. The largest absolute Gasteiger partial charge is 0.328 e. The summed E-state index contributed by atoms with van der Waals surface area (Å²) >= 11 is 0. The fourth-order valence-electron chi connectivity index (χ4n) is 4.25. The highest BCUT2D eigenvalue weighted by atomic mass is 16.6. The van der Waals surface area contributed by atoms with Crippen LogP contribution in [0.2, 0.25) is 0 Å². The van der Waals surface area contributed by atoms with E-state index < -0.39 is 4.92 Å². The van der Waals surface area contributed by atoms with Crippen molar-refractivity contribution in [3.05, 3.63) is 105 Å². The molecule has 1 amide bonds. The van der Waals surface area contributed by atoms with E-state index in [2.05, 4.69) is 6.07 Å². The first-order valence-corrected chi connectivity index (χ1v) is 10.3. The Labute approximate surface area is 184 Å². The number of carbonyl (C=O) groups excluding carboxylic acids is 1. The number of amides is 1. The lowest BCUT2D eigenvalue weighted by Gasteiger charge is -2.18. The summed E-state index contributed by atoms with van der Waals surface area (Å²) in [5.41, 5.74) is 4.56. The molecule has 8 nitrogen and oxygen atoms in total. The van der Waals surface area contributed by atoms with Gasteiger partial charge in [-0.2, -0.15) is 5.10 Å². The number of carbonyl (C=O) groups is 1. The quantitative estimate of drug-likeness (QED) is 0.358. The van der Waals surface area contributed by atoms with E-state index in [9.17, 15) is 14.9 Å². The van der Waals surface area contributed by atoms with Gasteiger partial charge >= 0.3 is 0 Å². The maximum absolute atomic E-state index is 13.3. The van der Waals surface area contributed by atoms with E-state index in [1.54, 1.807) is 24.0 Å². The third kappa shape index (κ3) is 3.17. The predicted octanol–water partition coefficient (Wildman–Crippen LogP) is 4.34. The Morgan fingerprint density at radius 1 is 1.03 bits per heavy atom. The molecule has 0 radical (unpaired) electrons. The number of benzene rings is 2. The molecule has 4 aromatic rings. The third-order valence-electron chi connectivity index (χ3n) is 5.84. The number of nitrogens with zero attached hydrogens (tertiary/aromatic N) is 5. The molecule has 1 aliphatic heterocycles. The van der Waals surface area contributed by atoms with Crippen LogP contribution >= 0.6 is 0 Å². The molecular weight excluding hydrogens is 406 g/mol. The molecule has 2 aromatic heterocycles. The van der Waals surface area contributed by atoms with E-state index in [4.69, 9.17) is 5.10 Å². The Morgan fingerprint density at radius 2 is 1.78 bits per heavy atom. The summed E-state index contributed by atoms with van der Waals surface area (Å²) in [6.07, 6.45) is 3.91. The highest BCUT2D eigenvalue weighted by Gasteiger charge is 2.33. The SMILES string of the molecule is Cc1cccc(-n2nc3c(c2-n2cccc2)CN(C(=O)c2cccc([N+](=O)[O-])c2C)C3)c1. The average Bonchev–Trinajstić information content (AvgIpc) is 3.49. The zero-order chi connectivity index (χ0) is 22.4. The molecule has 0 spiro atoms. The molecule has 0 N–H and O–H groups in total. The fourth-order valence-corrected chi connectivity index (χ4v) is 4.25. The van der Waals surface area contributed by atoms with Gasteiger partial charge in [-0.25, -0.2) is 4.68 Å². The molecule has 0 atom stereocenters. The molecular formula is C24H21N5O3. The maximum atomic E-state index is 13.3. The van der Waals surface area contributed by atoms with E-state index in [-0.39, 0.29) is 11.6 Å². The smallest absolute Gasteiger partial charge is 0.273 e. The Bertz CT molecular complexity index is 1350. The van der Waals surface area contributed by atoms with Crippen molar-refractivity contribution in [2.75, 3.05) is 0 Å². The number of hydrogen-bond donors (Lipinski definition) is 0. The third-order valence-corrected chi connectivity index (χ3v) is 5.84. The number of aromatic nitrogens is 3. The van der Waals surface area contributed by atoms with Gasteiger partial charge in [0.05, 0.1) is 29.4 Å². The van der Waals surface area contributed by atoms with Crippen molar-refractivity contribution in [1.82, 2.24) is 19.2 Å². The summed E-state index contributed by atoms with van der Waals surface area (Å²) in [6.45, 7) is 4.39. The minimum absolute atomic E-state index is 0.0505. The van der Waals surface area contributed by atoms with Gasteiger partial charge in [-0.05, 0) is 49.7 Å². The number of hydrogen-bond acceptors (Lipinski definition) is 4. The van der Waals surface area contributed by atoms with Crippen LogP contribution < -0.4 is 0 Å². The zero-order valence-electron chi connectivity index (χ0n) is 17.7. The highest BCUT2D eigenvalue weighted by molar-refractivity contribution is 5.97. The van der Waals surface area contributed by atoms with E-state index in [1.165, 1.54) is 6.07 Å². The van der Waals surface area contributed by atoms with Crippen molar-refractivity contribution < 1.29 is 9.72 Å². The minimum atomic E-state index is -0.457. The average molecular weight is 427 g/mol. The number of aryl methyl sites for hydroxylation is 1. The molecule has 1 aliphatic rings. The Hall–Kier alpha value is -4.20. The van der Waals surface area contributed by atoms with Crippen LogP contribution in [0.15, 0.2) is 67.0 Å². The summed E-state index contributed by atoms with van der Waals surface area (Å²) in [5, 5.41) is 16.1. The molecule has 0 aliphatic carbocycles. The first-order valence-electron chi connectivity index (χ1n) is 10.3. The Kier molecular flexibility index (Phi) is 4.62. The number of nitro groups is 1. The first kappa shape index (κ1) is 19.7. The second kappa shape index (κ2) is 7.49. The van der Waals surface area contributed by atoms with Crippen molar-refractivity contribution >= 4 is 11.6 Å². The summed E-state index contributed by atoms with van der Waals surface area (Å²) in [5.74, 6) is 0.659. The molecule has 0 fully saturated rings. The zero-order valence-corrected chi connectivity index (χ0v) is 17.7. The van der Waals surface area contributed by atoms with Gasteiger partial charge in [-0.1, -0.05) is 18.2 Å². The van der Waals surface area contributed by atoms with Crippen LogP contribution in [0.1, 0.15) is 32.7 Å². The van der Waals surface area contributed by atoms with Gasteiger partial charge in [0, 0.05) is 35.2 Å². The fraction of sp³-hybridized carbons (Fsp3) is 0.167. The predicted molar refractivity (Wildman–Crippen MR) is 119 cm³/mol. The first-order chi connectivity index (χ1) is 15.4. The molecule has 160 valence electrons. The van der Waals surface area contributed by atoms with E-state index in [0.29, 0.717) is 24.2 Å². The van der Waals surface area contributed by atoms with Gasteiger partial charge in [0.25, 0.3) is 11.6 Å². The normalized spacial score (nSPS) is 12.8. The van der Waals surface area contributed by atoms with Crippen molar-refractivity contribution in [2.45, 2.75) is 26.9 Å². The van der Waals surface area contributed by atoms with Crippen molar-refractivity contribution in [3.8, 4) is 11.5 Å². The van der Waals surface area contributed by atoms with Crippen LogP contribution in [0.4, 0.5) is 5.69 Å². The molecule has 3 heterocycles. The van der Waals surface area contributed by atoms with E-state index in [1.807, 2.05) is 58.9 Å². The molecule has 0 bridgehead atoms. The standard InChI is InChI=1S/C24H21N5O3/c1-16-7-5-8-18(13-16)28-23(26-11-3-4-12-26)20-14-27(15-21(20)25-28)24(30)19-9-6-10-22(17(19)2)29(31)32/h3-13H,14-15H2,1-2H3. The lowest BCUT2D eigenvalue weighted by Crippen LogP contribution is -2.27. The van der Waals surface area contributed by atoms with Crippen LogP contribution in [-0.2, 0) is 13.1 Å². The van der Waals surface area contributed by atoms with Gasteiger partial charge < -0.3 is 9.47 Å². The van der Waals surface area contributed by atoms with Gasteiger partial charge in [0.1, 0.15) is 5.82 Å². The molecule has 5 rings (SSSR count). The number of fused-ring (bicyclic) bond motifs is 1. The maximum Gasteiger partial charge on any atom is 0.273 e. The second-order valence-electron chi connectivity index (χ2n) is 7.96. The van der Waals surface area contributed by atoms with Crippen molar-refractivity contribution in [3.63, 3.8) is 0 Å². The topological polar surface area (TPSA) is 86.2 Å². The number of rotatable bonds is 4. The minimum Gasteiger partial charge on any atom is -0.328 e. The van der Waals surface area contributed by atoms with Gasteiger partial charge in [0.2, 0.25) is 0 Å². The molecule has 2 aromatic carbocycles. The molecule has 32 heavy (non-hydrogen) atoms. The lowest BCUT2D eigenvalue weighted by atomic mass is 10.1. The van der Waals surface area contributed by atoms with Gasteiger partial charge in [0.15, 0.2) is 0 Å². The number of nitro benzene ring substituents is 1. The molecule has 0 saturated heterocycles. The van der Waals surface area contributed by atoms with E-state index >= 15 is 0 Å². The highest BCUT2D eigenvalue weighted by Crippen LogP contribution is 2.32. The van der Waals surface area contributed by atoms with Crippen LogP contribution in [0.25, 0.3) is 11.5 Å². The van der Waals surface area contributed by atoms with Crippen molar-refractivity contribution in [1.29, 1.82) is 0 Å². The van der Waals surface area contributed by atoms with Gasteiger partial charge in [-0.3, -0.25) is 14.9 Å². The van der Waals surface area contributed by atoms with Gasteiger partial charge in [-0.15, -0.1) is 0 Å². The van der Waals surface area contributed by atoms with Crippen LogP contribution in [0.5, 0.6) is 0 Å². The second-order valence-corrected chi connectivity index (χ2v) is 7.96. The lowest BCUT2D eigenvalue weighted by molar-refractivity contribution is -0.385. The summed E-state index contributed by atoms with van der Waals surface area (Å²) < 4.78 is 3.92. The van der Waals surface area contributed by atoms with Crippen LogP contribution in [-0.4, -0.2) is 30.1 Å². The molecule has 0 saturated carbocycles. The summed E-state index contributed by atoms with van der Waals surface area (Å²) in [6, 6.07) is 16.6. The van der Waals surface area contributed by atoms with Crippen LogP contribution in [0.3, 0.4) is 0 Å². The van der Waals surface area contributed by atoms with Crippen LogP contribution in [0, 0.1) is 24.0 Å². The van der Waals surface area contributed by atoms with Crippen molar-refractivity contribution in [2.24, 2.45) is 0 Å².